The first-order chi connectivity index (χ1) is 8.88. The van der Waals surface area contributed by atoms with Crippen LogP contribution in [0.4, 0.5) is 0 Å². The van der Waals surface area contributed by atoms with Gasteiger partial charge in [-0.05, 0) is 45.2 Å². The number of ketones is 1. The Labute approximate surface area is 113 Å². The summed E-state index contributed by atoms with van der Waals surface area (Å²) in [7, 11) is -3.72. The van der Waals surface area contributed by atoms with Gasteiger partial charge in [0.1, 0.15) is 5.78 Å². The first kappa shape index (κ1) is 14.2. The monoisotopic (exact) mass is 282 g/mol. The van der Waals surface area contributed by atoms with Crippen molar-refractivity contribution in [3.63, 3.8) is 0 Å². The van der Waals surface area contributed by atoms with Crippen LogP contribution in [-0.4, -0.2) is 20.3 Å². The smallest absolute Gasteiger partial charge is 0.297 e. The summed E-state index contributed by atoms with van der Waals surface area (Å²) in [6.45, 7) is 3.44. The van der Waals surface area contributed by atoms with Crippen molar-refractivity contribution in [3.8, 4) is 0 Å². The Hall–Kier alpha value is -1.20. The zero-order chi connectivity index (χ0) is 14.0. The van der Waals surface area contributed by atoms with Gasteiger partial charge in [0, 0.05) is 5.92 Å². The standard InChI is InChI=1S/C14H18O4S/c1-10-3-7-14(8-4-10)19(16,17)18-13-6-5-12(9-13)11(2)15/h3-4,7-8,12-13H,5-6,9H2,1-2H3/t12-,13+/m0/s1. The Morgan fingerprint density at radius 2 is 1.84 bits per heavy atom. The van der Waals surface area contributed by atoms with E-state index in [1.165, 1.54) is 0 Å². The number of benzene rings is 1. The third kappa shape index (κ3) is 3.42. The zero-order valence-electron chi connectivity index (χ0n) is 11.1. The summed E-state index contributed by atoms with van der Waals surface area (Å²) < 4.78 is 29.4. The summed E-state index contributed by atoms with van der Waals surface area (Å²) >= 11 is 0. The number of rotatable bonds is 4. The van der Waals surface area contributed by atoms with Crippen LogP contribution in [0.1, 0.15) is 31.7 Å². The van der Waals surface area contributed by atoms with Crippen LogP contribution in [0.3, 0.4) is 0 Å². The Morgan fingerprint density at radius 3 is 2.37 bits per heavy atom. The zero-order valence-corrected chi connectivity index (χ0v) is 11.9. The lowest BCUT2D eigenvalue weighted by atomic mass is 10.0. The van der Waals surface area contributed by atoms with Crippen LogP contribution in [0, 0.1) is 12.8 Å². The minimum Gasteiger partial charge on any atom is -0.300 e. The summed E-state index contributed by atoms with van der Waals surface area (Å²) in [5.74, 6) is 0.0528. The maximum atomic E-state index is 12.1. The van der Waals surface area contributed by atoms with E-state index in [-0.39, 0.29) is 22.7 Å². The molecule has 1 aromatic rings. The molecule has 1 saturated carbocycles. The third-order valence-electron chi connectivity index (χ3n) is 3.53. The first-order valence-electron chi connectivity index (χ1n) is 6.39. The van der Waals surface area contributed by atoms with Crippen LogP contribution in [-0.2, 0) is 19.1 Å². The van der Waals surface area contributed by atoms with Crippen molar-refractivity contribution in [1.29, 1.82) is 0 Å². The van der Waals surface area contributed by atoms with Crippen LogP contribution < -0.4 is 0 Å². The molecule has 1 fully saturated rings. The number of hydrogen-bond acceptors (Lipinski definition) is 4. The topological polar surface area (TPSA) is 60.4 Å². The van der Waals surface area contributed by atoms with Gasteiger partial charge in [0.2, 0.25) is 0 Å². The molecule has 19 heavy (non-hydrogen) atoms. The number of Topliss-reactive ketones (excluding diaryl/α,β-unsaturated/α-hetero) is 1. The van der Waals surface area contributed by atoms with Crippen LogP contribution >= 0.6 is 0 Å². The predicted molar refractivity (Wildman–Crippen MR) is 71.3 cm³/mol. The molecule has 0 N–H and O–H groups in total. The molecule has 0 amide bonds. The van der Waals surface area contributed by atoms with Crippen LogP contribution in [0.5, 0.6) is 0 Å². The van der Waals surface area contributed by atoms with E-state index in [9.17, 15) is 13.2 Å². The molecule has 0 aliphatic heterocycles. The van der Waals surface area contributed by atoms with Gasteiger partial charge in [-0.25, -0.2) is 0 Å². The third-order valence-corrected chi connectivity index (χ3v) is 4.91. The highest BCUT2D eigenvalue weighted by atomic mass is 32.2. The van der Waals surface area contributed by atoms with Crippen molar-refractivity contribution in [2.24, 2.45) is 5.92 Å². The molecule has 4 nitrogen and oxygen atoms in total. The highest BCUT2D eigenvalue weighted by molar-refractivity contribution is 7.86. The summed E-state index contributed by atoms with van der Waals surface area (Å²) in [5, 5.41) is 0. The molecular formula is C14H18O4S. The summed E-state index contributed by atoms with van der Waals surface area (Å²) in [6, 6.07) is 6.57. The van der Waals surface area contributed by atoms with E-state index in [2.05, 4.69) is 0 Å². The molecule has 2 rings (SSSR count). The average molecular weight is 282 g/mol. The molecule has 1 aliphatic carbocycles. The summed E-state index contributed by atoms with van der Waals surface area (Å²) in [4.78, 5) is 11.4. The first-order valence-corrected chi connectivity index (χ1v) is 7.80. The van der Waals surface area contributed by atoms with Gasteiger partial charge in [0.05, 0.1) is 11.0 Å². The van der Waals surface area contributed by atoms with Crippen molar-refractivity contribution in [1.82, 2.24) is 0 Å². The van der Waals surface area contributed by atoms with Gasteiger partial charge in [-0.3, -0.25) is 8.98 Å². The molecule has 0 unspecified atom stereocenters. The van der Waals surface area contributed by atoms with E-state index in [1.54, 1.807) is 31.2 Å². The van der Waals surface area contributed by atoms with E-state index in [4.69, 9.17) is 4.18 Å². The van der Waals surface area contributed by atoms with E-state index >= 15 is 0 Å². The minimum absolute atomic E-state index is 0.0572. The molecule has 0 saturated heterocycles. The highest BCUT2D eigenvalue weighted by Gasteiger charge is 2.32. The van der Waals surface area contributed by atoms with E-state index in [0.29, 0.717) is 19.3 Å². The second-order valence-corrected chi connectivity index (χ2v) is 6.68. The van der Waals surface area contributed by atoms with E-state index in [0.717, 1.165) is 5.56 Å². The molecule has 0 radical (unpaired) electrons. The van der Waals surface area contributed by atoms with Gasteiger partial charge in [0.15, 0.2) is 0 Å². The fourth-order valence-corrected chi connectivity index (χ4v) is 3.45. The van der Waals surface area contributed by atoms with Crippen molar-refractivity contribution in [3.05, 3.63) is 29.8 Å². The Bertz CT molecular complexity index is 560. The SMILES string of the molecule is CC(=O)[C@H]1CC[C@@H](OS(=O)(=O)c2ccc(C)cc2)C1. The molecular weight excluding hydrogens is 264 g/mol. The lowest BCUT2D eigenvalue weighted by Crippen LogP contribution is -2.17. The van der Waals surface area contributed by atoms with Gasteiger partial charge in [-0.2, -0.15) is 8.42 Å². The quantitative estimate of drug-likeness (QED) is 0.796. The van der Waals surface area contributed by atoms with Crippen molar-refractivity contribution in [2.75, 3.05) is 0 Å². The fourth-order valence-electron chi connectivity index (χ4n) is 2.34. The second kappa shape index (κ2) is 5.43. The van der Waals surface area contributed by atoms with Gasteiger partial charge in [-0.15, -0.1) is 0 Å². The number of hydrogen-bond donors (Lipinski definition) is 0. The Kier molecular flexibility index (Phi) is 4.06. The number of aryl methyl sites for hydroxylation is 1. The minimum atomic E-state index is -3.72. The van der Waals surface area contributed by atoms with Gasteiger partial charge >= 0.3 is 0 Å². The predicted octanol–water partition coefficient (Wildman–Crippen LogP) is 2.46. The maximum Gasteiger partial charge on any atom is 0.297 e. The number of carbonyl (C=O) groups excluding carboxylic acids is 1. The van der Waals surface area contributed by atoms with Crippen molar-refractivity contribution < 1.29 is 17.4 Å². The van der Waals surface area contributed by atoms with Gasteiger partial charge in [-0.1, -0.05) is 17.7 Å². The van der Waals surface area contributed by atoms with Crippen LogP contribution in [0.2, 0.25) is 0 Å². The highest BCUT2D eigenvalue weighted by Crippen LogP contribution is 2.30. The van der Waals surface area contributed by atoms with Crippen molar-refractivity contribution >= 4 is 15.9 Å². The Balaban J connectivity index is 2.06. The van der Waals surface area contributed by atoms with Gasteiger partial charge in [0.25, 0.3) is 10.1 Å². The number of carbonyl (C=O) groups is 1. The van der Waals surface area contributed by atoms with E-state index in [1.807, 2.05) is 6.92 Å². The lowest BCUT2D eigenvalue weighted by Gasteiger charge is -2.12. The summed E-state index contributed by atoms with van der Waals surface area (Å²) in [6.07, 6.45) is 1.46. The molecule has 1 aromatic carbocycles. The molecule has 0 aromatic heterocycles. The fraction of sp³-hybridized carbons (Fsp3) is 0.500. The molecule has 104 valence electrons. The van der Waals surface area contributed by atoms with Crippen LogP contribution in [0.25, 0.3) is 0 Å². The molecule has 0 heterocycles. The average Bonchev–Trinajstić information content (AvgIpc) is 2.77. The molecule has 5 heteroatoms. The largest absolute Gasteiger partial charge is 0.300 e. The van der Waals surface area contributed by atoms with Crippen molar-refractivity contribution in [2.45, 2.75) is 44.1 Å². The summed E-state index contributed by atoms with van der Waals surface area (Å²) in [5.41, 5.74) is 0.997. The van der Waals surface area contributed by atoms with Gasteiger partial charge < -0.3 is 0 Å². The maximum absolute atomic E-state index is 12.1. The molecule has 1 aliphatic rings. The molecule has 0 bridgehead atoms. The van der Waals surface area contributed by atoms with E-state index < -0.39 is 10.1 Å². The molecule has 0 spiro atoms. The second-order valence-electron chi connectivity index (χ2n) is 5.11. The normalized spacial score (nSPS) is 23.5. The Morgan fingerprint density at radius 1 is 1.21 bits per heavy atom. The lowest BCUT2D eigenvalue weighted by molar-refractivity contribution is -0.120. The molecule has 2 atom stereocenters. The van der Waals surface area contributed by atoms with Crippen LogP contribution in [0.15, 0.2) is 29.2 Å².